The fraction of sp³-hybridized carbons (Fsp3) is 0.750. The van der Waals surface area contributed by atoms with Gasteiger partial charge in [0, 0.05) is 39.0 Å². The molecule has 6 heteroatoms. The quantitative estimate of drug-likeness (QED) is 0.887. The smallest absolute Gasteiger partial charge is 0.222 e. The van der Waals surface area contributed by atoms with Crippen molar-refractivity contribution in [2.75, 3.05) is 13.7 Å². The van der Waals surface area contributed by atoms with Gasteiger partial charge in [-0.3, -0.25) is 9.48 Å². The van der Waals surface area contributed by atoms with Crippen LogP contribution in [0.3, 0.4) is 0 Å². The van der Waals surface area contributed by atoms with E-state index in [1.54, 1.807) is 13.3 Å². The van der Waals surface area contributed by atoms with Gasteiger partial charge in [-0.15, -0.1) is 0 Å². The van der Waals surface area contributed by atoms with Gasteiger partial charge in [0.2, 0.25) is 5.91 Å². The minimum Gasteiger partial charge on any atom is -0.393 e. The zero-order valence-electron chi connectivity index (χ0n) is 13.1. The van der Waals surface area contributed by atoms with Crippen molar-refractivity contribution < 1.29 is 14.6 Å². The topological polar surface area (TPSA) is 67.6 Å². The van der Waals surface area contributed by atoms with Crippen LogP contribution in [0.25, 0.3) is 0 Å². The molecule has 0 aromatic carbocycles. The zero-order valence-corrected chi connectivity index (χ0v) is 13.1. The van der Waals surface area contributed by atoms with Gasteiger partial charge in [0.1, 0.15) is 0 Å². The maximum atomic E-state index is 12.6. The summed E-state index contributed by atoms with van der Waals surface area (Å²) in [6.45, 7) is 1.50. The van der Waals surface area contributed by atoms with Crippen molar-refractivity contribution in [2.45, 2.75) is 62.8 Å². The number of nitrogens with zero attached hydrogens (tertiary/aromatic N) is 3. The average molecular weight is 307 g/mol. The largest absolute Gasteiger partial charge is 0.393 e. The predicted octanol–water partition coefficient (Wildman–Crippen LogP) is 1.19. The van der Waals surface area contributed by atoms with Crippen LogP contribution < -0.4 is 0 Å². The molecule has 22 heavy (non-hydrogen) atoms. The van der Waals surface area contributed by atoms with E-state index in [2.05, 4.69) is 5.10 Å². The molecule has 1 aliphatic carbocycles. The van der Waals surface area contributed by atoms with E-state index in [0.717, 1.165) is 38.8 Å². The second-order valence-electron chi connectivity index (χ2n) is 6.42. The van der Waals surface area contributed by atoms with Crippen molar-refractivity contribution in [2.24, 2.45) is 0 Å². The molecule has 3 rings (SSSR count). The molecule has 0 unspecified atom stereocenters. The van der Waals surface area contributed by atoms with E-state index < -0.39 is 0 Å². The minimum absolute atomic E-state index is 0.0263. The highest BCUT2D eigenvalue weighted by Crippen LogP contribution is 2.42. The molecule has 0 radical (unpaired) electrons. The lowest BCUT2D eigenvalue weighted by Crippen LogP contribution is -2.52. The van der Waals surface area contributed by atoms with E-state index in [4.69, 9.17) is 4.74 Å². The summed E-state index contributed by atoms with van der Waals surface area (Å²) in [4.78, 5) is 14.5. The standard InChI is InChI=1S/C16H25N3O3/c1-22-16-6-5-13(20)12-14(16)19(11-7-16)15(21)4-2-9-18-10-3-8-17-18/h3,8,10,13-14,20H,2,4-7,9,11-12H2,1H3/t13-,14+,16-/m1/s1. The maximum Gasteiger partial charge on any atom is 0.222 e. The van der Waals surface area contributed by atoms with Gasteiger partial charge in [0.05, 0.1) is 17.7 Å². The third-order valence-electron chi connectivity index (χ3n) is 5.22. The highest BCUT2D eigenvalue weighted by atomic mass is 16.5. The van der Waals surface area contributed by atoms with Crippen LogP contribution in [0.5, 0.6) is 0 Å². The Balaban J connectivity index is 1.58. The molecule has 1 aromatic rings. The van der Waals surface area contributed by atoms with E-state index in [-0.39, 0.29) is 23.7 Å². The lowest BCUT2D eigenvalue weighted by Gasteiger charge is -2.42. The molecule has 2 heterocycles. The molecule has 2 fully saturated rings. The van der Waals surface area contributed by atoms with Gasteiger partial charge in [-0.2, -0.15) is 5.10 Å². The van der Waals surface area contributed by atoms with E-state index in [0.29, 0.717) is 12.8 Å². The fourth-order valence-electron chi connectivity index (χ4n) is 3.94. The van der Waals surface area contributed by atoms with Gasteiger partial charge in [0.15, 0.2) is 0 Å². The summed E-state index contributed by atoms with van der Waals surface area (Å²) in [6.07, 6.45) is 7.78. The molecule has 6 nitrogen and oxygen atoms in total. The summed E-state index contributed by atoms with van der Waals surface area (Å²) < 4.78 is 7.62. The van der Waals surface area contributed by atoms with Gasteiger partial charge in [-0.1, -0.05) is 0 Å². The van der Waals surface area contributed by atoms with Gasteiger partial charge in [0.25, 0.3) is 0 Å². The summed E-state index contributed by atoms with van der Waals surface area (Å²) in [5, 5.41) is 14.1. The van der Waals surface area contributed by atoms with Crippen molar-refractivity contribution in [3.05, 3.63) is 18.5 Å². The number of carbonyl (C=O) groups excluding carboxylic acids is 1. The molecule has 1 aromatic heterocycles. The van der Waals surface area contributed by atoms with Crippen LogP contribution >= 0.6 is 0 Å². The summed E-state index contributed by atoms with van der Waals surface area (Å²) >= 11 is 0. The number of likely N-dealkylation sites (tertiary alicyclic amines) is 1. The van der Waals surface area contributed by atoms with Crippen molar-refractivity contribution in [1.82, 2.24) is 14.7 Å². The van der Waals surface area contributed by atoms with Gasteiger partial charge >= 0.3 is 0 Å². The monoisotopic (exact) mass is 307 g/mol. The first kappa shape index (κ1) is 15.5. The summed E-state index contributed by atoms with van der Waals surface area (Å²) in [6, 6.07) is 1.91. The Labute approximate surface area is 131 Å². The number of rotatable bonds is 5. The molecule has 1 saturated carbocycles. The Hall–Kier alpha value is -1.40. The average Bonchev–Trinajstić information content (AvgIpc) is 3.15. The number of hydrogen-bond acceptors (Lipinski definition) is 4. The Bertz CT molecular complexity index is 505. The van der Waals surface area contributed by atoms with Crippen LogP contribution in [0, 0.1) is 0 Å². The third-order valence-corrected chi connectivity index (χ3v) is 5.22. The van der Waals surface area contributed by atoms with Crippen LogP contribution in [-0.2, 0) is 16.1 Å². The normalized spacial score (nSPS) is 31.3. The van der Waals surface area contributed by atoms with Crippen LogP contribution in [0.2, 0.25) is 0 Å². The first-order chi connectivity index (χ1) is 10.6. The summed E-state index contributed by atoms with van der Waals surface area (Å²) in [5.74, 6) is 0.171. The highest BCUT2D eigenvalue weighted by molar-refractivity contribution is 5.77. The third kappa shape index (κ3) is 2.90. The van der Waals surface area contributed by atoms with Crippen molar-refractivity contribution >= 4 is 5.91 Å². The van der Waals surface area contributed by atoms with E-state index in [1.807, 2.05) is 21.8 Å². The fourth-order valence-corrected chi connectivity index (χ4v) is 3.94. The molecule has 0 spiro atoms. The second kappa shape index (κ2) is 6.38. The molecular weight excluding hydrogens is 282 g/mol. The number of aromatic nitrogens is 2. The number of aryl methyl sites for hydroxylation is 1. The van der Waals surface area contributed by atoms with Gasteiger partial charge in [-0.05, 0) is 38.2 Å². The second-order valence-corrected chi connectivity index (χ2v) is 6.42. The number of methoxy groups -OCH3 is 1. The first-order valence-electron chi connectivity index (χ1n) is 8.15. The molecule has 1 aliphatic heterocycles. The Morgan fingerprint density at radius 1 is 1.50 bits per heavy atom. The first-order valence-corrected chi connectivity index (χ1v) is 8.15. The van der Waals surface area contributed by atoms with Crippen molar-refractivity contribution in [3.63, 3.8) is 0 Å². The SMILES string of the molecule is CO[C@@]12CC[C@@H](O)C[C@@H]1N(C(=O)CCCn1cccn1)CC2. The Kier molecular flexibility index (Phi) is 4.49. The lowest BCUT2D eigenvalue weighted by molar-refractivity contribution is -0.140. The number of aliphatic hydroxyl groups is 1. The molecule has 0 bridgehead atoms. The molecule has 1 amide bonds. The zero-order chi connectivity index (χ0) is 15.6. The molecule has 122 valence electrons. The highest BCUT2D eigenvalue weighted by Gasteiger charge is 2.52. The Morgan fingerprint density at radius 2 is 2.36 bits per heavy atom. The molecular formula is C16H25N3O3. The number of ether oxygens (including phenoxy) is 1. The van der Waals surface area contributed by atoms with Crippen molar-refractivity contribution in [1.29, 1.82) is 0 Å². The van der Waals surface area contributed by atoms with Gasteiger partial charge in [-0.25, -0.2) is 0 Å². The van der Waals surface area contributed by atoms with Crippen LogP contribution in [0.4, 0.5) is 0 Å². The number of amides is 1. The van der Waals surface area contributed by atoms with E-state index >= 15 is 0 Å². The van der Waals surface area contributed by atoms with Crippen LogP contribution in [0.1, 0.15) is 38.5 Å². The molecule has 2 aliphatic rings. The summed E-state index contributed by atoms with van der Waals surface area (Å²) in [7, 11) is 1.73. The maximum absolute atomic E-state index is 12.6. The molecule has 3 atom stereocenters. The van der Waals surface area contributed by atoms with E-state index in [9.17, 15) is 9.90 Å². The lowest BCUT2D eigenvalue weighted by atomic mass is 9.79. The van der Waals surface area contributed by atoms with E-state index in [1.165, 1.54) is 0 Å². The molecule has 1 N–H and O–H groups in total. The molecule has 1 saturated heterocycles. The Morgan fingerprint density at radius 3 is 3.09 bits per heavy atom. The number of aliphatic hydroxyl groups excluding tert-OH is 1. The van der Waals surface area contributed by atoms with Crippen molar-refractivity contribution in [3.8, 4) is 0 Å². The van der Waals surface area contributed by atoms with Crippen LogP contribution in [0.15, 0.2) is 18.5 Å². The summed E-state index contributed by atoms with van der Waals surface area (Å²) in [5.41, 5.74) is -0.239. The van der Waals surface area contributed by atoms with Crippen LogP contribution in [-0.4, -0.2) is 57.1 Å². The predicted molar refractivity (Wildman–Crippen MR) is 81.2 cm³/mol. The minimum atomic E-state index is -0.314. The number of fused-ring (bicyclic) bond motifs is 1. The number of hydrogen-bond donors (Lipinski definition) is 1. The number of carbonyl (C=O) groups is 1. The van der Waals surface area contributed by atoms with Gasteiger partial charge < -0.3 is 14.7 Å².